The number of thiazole rings is 1. The number of aromatic nitrogens is 2. The number of carbonyl (C=O) groups is 2. The molecule has 0 aromatic carbocycles. The van der Waals surface area contributed by atoms with Crippen LogP contribution in [0.15, 0.2) is 22.4 Å². The summed E-state index contributed by atoms with van der Waals surface area (Å²) >= 11 is 2.69. The molecule has 124 valence electrons. The average Bonchev–Trinajstić information content (AvgIpc) is 2.93. The fraction of sp³-hybridized carbons (Fsp3) is 0.429. The quantitative estimate of drug-likeness (QED) is 0.805. The summed E-state index contributed by atoms with van der Waals surface area (Å²) in [4.78, 5) is 41.1. The van der Waals surface area contributed by atoms with Gasteiger partial charge in [0.15, 0.2) is 4.96 Å². The monoisotopic (exact) mass is 355 g/mol. The second-order valence-electron chi connectivity index (χ2n) is 5.14. The lowest BCUT2D eigenvalue weighted by molar-refractivity contribution is -0.144. The van der Waals surface area contributed by atoms with Gasteiger partial charge in [-0.05, 0) is 13.8 Å². The zero-order valence-corrected chi connectivity index (χ0v) is 14.4. The van der Waals surface area contributed by atoms with E-state index in [4.69, 9.17) is 5.11 Å². The standard InChI is InChI=1S/C14H17N3O4S2/c1-9(2)17(6-13(20)21)12(19)8-22-7-10-5-11(18)16-3-4-23-14(16)15-10/h3-5,9H,6-8H2,1-2H3,(H,20,21). The van der Waals surface area contributed by atoms with E-state index in [0.29, 0.717) is 16.4 Å². The average molecular weight is 355 g/mol. The molecule has 0 bridgehead atoms. The molecule has 7 nitrogen and oxygen atoms in total. The molecule has 2 rings (SSSR count). The molecule has 0 unspecified atom stereocenters. The van der Waals surface area contributed by atoms with Crippen molar-refractivity contribution in [1.29, 1.82) is 0 Å². The van der Waals surface area contributed by atoms with E-state index < -0.39 is 5.97 Å². The maximum absolute atomic E-state index is 12.1. The third-order valence-corrected chi connectivity index (χ3v) is 4.79. The third kappa shape index (κ3) is 4.55. The van der Waals surface area contributed by atoms with Gasteiger partial charge in [0.2, 0.25) is 5.91 Å². The van der Waals surface area contributed by atoms with Crippen molar-refractivity contribution in [2.24, 2.45) is 0 Å². The van der Waals surface area contributed by atoms with Gasteiger partial charge in [-0.15, -0.1) is 23.1 Å². The van der Waals surface area contributed by atoms with Crippen LogP contribution >= 0.6 is 23.1 Å². The Labute approximate surface area is 141 Å². The summed E-state index contributed by atoms with van der Waals surface area (Å²) < 4.78 is 1.47. The summed E-state index contributed by atoms with van der Waals surface area (Å²) in [7, 11) is 0. The van der Waals surface area contributed by atoms with Crippen LogP contribution in [0.2, 0.25) is 0 Å². The maximum atomic E-state index is 12.1. The number of hydrogen-bond acceptors (Lipinski definition) is 6. The number of carboxylic acid groups (broad SMARTS) is 1. The first-order valence-electron chi connectivity index (χ1n) is 6.93. The molecule has 1 amide bonds. The first kappa shape index (κ1) is 17.5. The minimum atomic E-state index is -1.03. The normalized spacial score (nSPS) is 11.1. The molecule has 0 radical (unpaired) electrons. The number of thioether (sulfide) groups is 1. The van der Waals surface area contributed by atoms with E-state index in [9.17, 15) is 14.4 Å². The molecule has 0 fully saturated rings. The van der Waals surface area contributed by atoms with Gasteiger partial charge in [0.05, 0.1) is 11.4 Å². The predicted molar refractivity (Wildman–Crippen MR) is 90.0 cm³/mol. The molecule has 0 spiro atoms. The van der Waals surface area contributed by atoms with Crippen LogP contribution in [0.4, 0.5) is 0 Å². The molecule has 2 heterocycles. The maximum Gasteiger partial charge on any atom is 0.323 e. The predicted octanol–water partition coefficient (Wildman–Crippen LogP) is 1.31. The zero-order valence-electron chi connectivity index (χ0n) is 12.8. The minimum absolute atomic E-state index is 0.145. The highest BCUT2D eigenvalue weighted by Crippen LogP contribution is 2.13. The molecule has 1 N–H and O–H groups in total. The van der Waals surface area contributed by atoms with Gasteiger partial charge in [-0.1, -0.05) is 0 Å². The summed E-state index contributed by atoms with van der Waals surface area (Å²) in [6.07, 6.45) is 1.67. The van der Waals surface area contributed by atoms with Crippen LogP contribution in [-0.2, 0) is 15.3 Å². The molecule has 2 aromatic heterocycles. The summed E-state index contributed by atoms with van der Waals surface area (Å²) in [6, 6.07) is 1.28. The van der Waals surface area contributed by atoms with Crippen molar-refractivity contribution in [3.05, 3.63) is 33.7 Å². The van der Waals surface area contributed by atoms with Crippen LogP contribution < -0.4 is 5.56 Å². The van der Waals surface area contributed by atoms with Crippen LogP contribution in [-0.4, -0.2) is 49.6 Å². The first-order chi connectivity index (χ1) is 10.9. The number of aliphatic carboxylic acids is 1. The summed E-state index contributed by atoms with van der Waals surface area (Å²) in [5.74, 6) is -0.693. The topological polar surface area (TPSA) is 92.0 Å². The highest BCUT2D eigenvalue weighted by atomic mass is 32.2. The van der Waals surface area contributed by atoms with Crippen molar-refractivity contribution < 1.29 is 14.7 Å². The van der Waals surface area contributed by atoms with Crippen molar-refractivity contribution in [2.45, 2.75) is 25.6 Å². The Kier molecular flexibility index (Phi) is 5.78. The van der Waals surface area contributed by atoms with Gasteiger partial charge in [0.25, 0.3) is 5.56 Å². The molecule has 0 aliphatic rings. The van der Waals surface area contributed by atoms with E-state index in [1.54, 1.807) is 25.4 Å². The van der Waals surface area contributed by atoms with E-state index in [1.165, 1.54) is 38.5 Å². The first-order valence-corrected chi connectivity index (χ1v) is 8.96. The molecule has 0 saturated carbocycles. The minimum Gasteiger partial charge on any atom is -0.480 e. The molecular formula is C14H17N3O4S2. The summed E-state index contributed by atoms with van der Waals surface area (Å²) in [5, 5.41) is 10.6. The van der Waals surface area contributed by atoms with Crippen molar-refractivity contribution in [3.63, 3.8) is 0 Å². The molecule has 23 heavy (non-hydrogen) atoms. The van der Waals surface area contributed by atoms with Crippen LogP contribution in [0.5, 0.6) is 0 Å². The molecule has 0 aliphatic heterocycles. The van der Waals surface area contributed by atoms with Crippen molar-refractivity contribution >= 4 is 39.9 Å². The van der Waals surface area contributed by atoms with E-state index in [2.05, 4.69) is 4.98 Å². The zero-order chi connectivity index (χ0) is 17.0. The van der Waals surface area contributed by atoms with Crippen LogP contribution in [0.3, 0.4) is 0 Å². The smallest absolute Gasteiger partial charge is 0.323 e. The van der Waals surface area contributed by atoms with Crippen molar-refractivity contribution in [2.75, 3.05) is 12.3 Å². The van der Waals surface area contributed by atoms with E-state index in [0.717, 1.165) is 0 Å². The van der Waals surface area contributed by atoms with Gasteiger partial charge in [0, 0.05) is 29.4 Å². The summed E-state index contributed by atoms with van der Waals surface area (Å²) in [5.41, 5.74) is 0.470. The Bertz CT molecular complexity index is 769. The van der Waals surface area contributed by atoms with Crippen molar-refractivity contribution in [1.82, 2.24) is 14.3 Å². The molecule has 0 saturated heterocycles. The van der Waals surface area contributed by atoms with Gasteiger partial charge >= 0.3 is 5.97 Å². The second-order valence-corrected chi connectivity index (χ2v) is 7.00. The summed E-state index contributed by atoms with van der Waals surface area (Å²) in [6.45, 7) is 3.25. The molecule has 0 atom stereocenters. The van der Waals surface area contributed by atoms with Crippen LogP contribution in [0, 0.1) is 0 Å². The SMILES string of the molecule is CC(C)N(CC(=O)O)C(=O)CSCc1cc(=O)n2ccsc2n1. The highest BCUT2D eigenvalue weighted by molar-refractivity contribution is 7.99. The Morgan fingerprint density at radius 3 is 2.87 bits per heavy atom. The lowest BCUT2D eigenvalue weighted by atomic mass is 10.3. The van der Waals surface area contributed by atoms with Gasteiger partial charge in [-0.3, -0.25) is 18.8 Å². The molecule has 9 heteroatoms. The lowest BCUT2D eigenvalue weighted by Gasteiger charge is -2.24. The Hall–Kier alpha value is -1.87. The number of nitrogens with zero attached hydrogens (tertiary/aromatic N) is 3. The Balaban J connectivity index is 1.96. The van der Waals surface area contributed by atoms with Gasteiger partial charge in [0.1, 0.15) is 6.54 Å². The highest BCUT2D eigenvalue weighted by Gasteiger charge is 2.19. The number of rotatable bonds is 7. The number of amides is 1. The molecule has 0 aliphatic carbocycles. The van der Waals surface area contributed by atoms with E-state index in [-0.39, 0.29) is 29.8 Å². The van der Waals surface area contributed by atoms with Crippen LogP contribution in [0.1, 0.15) is 19.5 Å². The van der Waals surface area contributed by atoms with Crippen molar-refractivity contribution in [3.8, 4) is 0 Å². The van der Waals surface area contributed by atoms with Gasteiger partial charge < -0.3 is 10.0 Å². The van der Waals surface area contributed by atoms with Crippen LogP contribution in [0.25, 0.3) is 4.96 Å². The fourth-order valence-electron chi connectivity index (χ4n) is 1.99. The Morgan fingerprint density at radius 1 is 1.48 bits per heavy atom. The number of fused-ring (bicyclic) bond motifs is 1. The van der Waals surface area contributed by atoms with Gasteiger partial charge in [-0.2, -0.15) is 0 Å². The molecular weight excluding hydrogens is 338 g/mol. The second kappa shape index (κ2) is 7.60. The third-order valence-electron chi connectivity index (χ3n) is 3.08. The van der Waals surface area contributed by atoms with E-state index in [1.807, 2.05) is 0 Å². The number of carboxylic acids is 1. The largest absolute Gasteiger partial charge is 0.480 e. The lowest BCUT2D eigenvalue weighted by Crippen LogP contribution is -2.41. The van der Waals surface area contributed by atoms with Gasteiger partial charge in [-0.25, -0.2) is 4.98 Å². The number of hydrogen-bond donors (Lipinski definition) is 1. The fourth-order valence-corrected chi connectivity index (χ4v) is 3.53. The Morgan fingerprint density at radius 2 is 2.22 bits per heavy atom. The van der Waals surface area contributed by atoms with E-state index >= 15 is 0 Å². The number of carbonyl (C=O) groups excluding carboxylic acids is 1. The molecule has 2 aromatic rings.